The lowest BCUT2D eigenvalue weighted by molar-refractivity contribution is 0.0567. The van der Waals surface area contributed by atoms with Gasteiger partial charge in [0.15, 0.2) is 9.84 Å². The van der Waals surface area contributed by atoms with Gasteiger partial charge in [0, 0.05) is 18.1 Å². The normalized spacial score (nSPS) is 28.5. The first-order chi connectivity index (χ1) is 8.90. The summed E-state index contributed by atoms with van der Waals surface area (Å²) in [5.41, 5.74) is 5.69. The molecular formula is C14H30N2O2S. The molecule has 1 rings (SSSR count). The van der Waals surface area contributed by atoms with Crippen LogP contribution in [0.1, 0.15) is 52.9 Å². The molecule has 1 aliphatic heterocycles. The summed E-state index contributed by atoms with van der Waals surface area (Å²) in [6.45, 7) is 7.92. The molecule has 19 heavy (non-hydrogen) atoms. The Morgan fingerprint density at radius 1 is 1.37 bits per heavy atom. The number of rotatable bonds is 7. The van der Waals surface area contributed by atoms with E-state index in [9.17, 15) is 8.42 Å². The second kappa shape index (κ2) is 7.04. The van der Waals surface area contributed by atoms with E-state index in [0.717, 1.165) is 38.6 Å². The summed E-state index contributed by atoms with van der Waals surface area (Å²) >= 11 is 0. The van der Waals surface area contributed by atoms with Crippen LogP contribution in [-0.2, 0) is 9.84 Å². The van der Waals surface area contributed by atoms with Gasteiger partial charge in [-0.3, -0.25) is 4.90 Å². The van der Waals surface area contributed by atoms with Gasteiger partial charge >= 0.3 is 0 Å². The number of unbranched alkanes of at least 4 members (excludes halogenated alkanes) is 1. The molecule has 0 amide bonds. The van der Waals surface area contributed by atoms with Gasteiger partial charge in [0.2, 0.25) is 0 Å². The molecule has 114 valence electrons. The van der Waals surface area contributed by atoms with Crippen LogP contribution in [0.3, 0.4) is 0 Å². The van der Waals surface area contributed by atoms with E-state index in [4.69, 9.17) is 5.73 Å². The number of nitrogens with two attached hydrogens (primary N) is 1. The Kier molecular flexibility index (Phi) is 6.27. The second-order valence-corrected chi connectivity index (χ2v) is 8.11. The molecule has 2 N–H and O–H groups in total. The van der Waals surface area contributed by atoms with Crippen LogP contribution in [0.15, 0.2) is 0 Å². The highest BCUT2D eigenvalue weighted by atomic mass is 32.2. The summed E-state index contributed by atoms with van der Waals surface area (Å²) in [6, 6.07) is 0.392. The molecule has 0 aliphatic carbocycles. The minimum Gasteiger partial charge on any atom is -0.329 e. The van der Waals surface area contributed by atoms with Crippen molar-refractivity contribution in [2.24, 2.45) is 5.73 Å². The molecule has 0 saturated carbocycles. The minimum absolute atomic E-state index is 0.241. The highest BCUT2D eigenvalue weighted by Crippen LogP contribution is 2.31. The highest BCUT2D eigenvalue weighted by Gasteiger charge is 2.43. The van der Waals surface area contributed by atoms with Crippen LogP contribution in [-0.4, -0.2) is 49.5 Å². The first kappa shape index (κ1) is 16.9. The van der Waals surface area contributed by atoms with E-state index in [-0.39, 0.29) is 11.3 Å². The Morgan fingerprint density at radius 2 is 2.05 bits per heavy atom. The fourth-order valence-electron chi connectivity index (χ4n) is 3.15. The van der Waals surface area contributed by atoms with Crippen molar-refractivity contribution in [3.63, 3.8) is 0 Å². The number of hydrogen-bond acceptors (Lipinski definition) is 4. The van der Waals surface area contributed by atoms with Crippen molar-refractivity contribution >= 4 is 9.84 Å². The zero-order valence-electron chi connectivity index (χ0n) is 12.7. The number of hydrogen-bond donors (Lipinski definition) is 1. The highest BCUT2D eigenvalue weighted by molar-refractivity contribution is 7.91. The molecule has 1 saturated heterocycles. The van der Waals surface area contributed by atoms with E-state index >= 15 is 0 Å². The third-order valence-electron chi connectivity index (χ3n) is 4.45. The summed E-state index contributed by atoms with van der Waals surface area (Å²) < 4.78 is 24.1. The Labute approximate surface area is 118 Å². The molecule has 1 heterocycles. The molecule has 0 aromatic heterocycles. The largest absolute Gasteiger partial charge is 0.329 e. The van der Waals surface area contributed by atoms with Gasteiger partial charge in [-0.2, -0.15) is 0 Å². The van der Waals surface area contributed by atoms with Crippen molar-refractivity contribution in [2.75, 3.05) is 24.6 Å². The van der Waals surface area contributed by atoms with Crippen LogP contribution in [0, 0.1) is 0 Å². The fourth-order valence-corrected chi connectivity index (χ4v) is 5.13. The van der Waals surface area contributed by atoms with Crippen molar-refractivity contribution in [3.05, 3.63) is 0 Å². The Morgan fingerprint density at radius 3 is 2.53 bits per heavy atom. The number of nitrogens with zero attached hydrogens (tertiary/aromatic N) is 1. The topological polar surface area (TPSA) is 63.4 Å². The molecule has 0 aromatic carbocycles. The molecule has 0 spiro atoms. The maximum Gasteiger partial charge on any atom is 0.152 e. The van der Waals surface area contributed by atoms with Crippen LogP contribution in [0.5, 0.6) is 0 Å². The molecule has 5 heteroatoms. The molecular weight excluding hydrogens is 260 g/mol. The van der Waals surface area contributed by atoms with Gasteiger partial charge in [0.25, 0.3) is 0 Å². The second-order valence-electron chi connectivity index (χ2n) is 5.93. The summed E-state index contributed by atoms with van der Waals surface area (Å²) in [7, 11) is -2.94. The Balaban J connectivity index is 2.99. The SMILES string of the molecule is CCCCN(C(C)CC)C1(CN)CCCS(=O)(=O)C1. The van der Waals surface area contributed by atoms with E-state index in [1.165, 1.54) is 0 Å². The third-order valence-corrected chi connectivity index (χ3v) is 6.34. The summed E-state index contributed by atoms with van der Waals surface area (Å²) in [5, 5.41) is 0. The molecule has 1 fully saturated rings. The van der Waals surface area contributed by atoms with E-state index in [1.54, 1.807) is 0 Å². The fraction of sp³-hybridized carbons (Fsp3) is 1.00. The molecule has 1 aliphatic rings. The zero-order chi connectivity index (χ0) is 14.5. The third kappa shape index (κ3) is 4.17. The summed E-state index contributed by atoms with van der Waals surface area (Å²) in [4.78, 5) is 2.38. The average Bonchev–Trinajstić information content (AvgIpc) is 2.37. The predicted molar refractivity (Wildman–Crippen MR) is 81.0 cm³/mol. The lowest BCUT2D eigenvalue weighted by atomic mass is 9.90. The molecule has 0 radical (unpaired) electrons. The van der Waals surface area contributed by atoms with E-state index in [0.29, 0.717) is 18.3 Å². The van der Waals surface area contributed by atoms with E-state index in [2.05, 4.69) is 25.7 Å². The maximum atomic E-state index is 12.0. The monoisotopic (exact) mass is 290 g/mol. The Bertz CT molecular complexity index is 370. The quantitative estimate of drug-likeness (QED) is 0.776. The van der Waals surface area contributed by atoms with Gasteiger partial charge in [0.05, 0.1) is 11.5 Å². The zero-order valence-corrected chi connectivity index (χ0v) is 13.5. The minimum atomic E-state index is -2.94. The van der Waals surface area contributed by atoms with Crippen LogP contribution in [0.2, 0.25) is 0 Å². The van der Waals surface area contributed by atoms with Gasteiger partial charge in [-0.1, -0.05) is 20.3 Å². The first-order valence-corrected chi connectivity index (χ1v) is 9.40. The van der Waals surface area contributed by atoms with Gasteiger partial charge in [-0.25, -0.2) is 8.42 Å². The molecule has 4 nitrogen and oxygen atoms in total. The molecule has 0 bridgehead atoms. The van der Waals surface area contributed by atoms with E-state index < -0.39 is 9.84 Å². The smallest absolute Gasteiger partial charge is 0.152 e. The van der Waals surface area contributed by atoms with Crippen molar-refractivity contribution in [2.45, 2.75) is 64.5 Å². The van der Waals surface area contributed by atoms with Crippen LogP contribution in [0.4, 0.5) is 0 Å². The standard InChI is InChI=1S/C14H30N2O2S/c1-4-6-9-16(13(3)5-2)14(11-15)8-7-10-19(17,18)12-14/h13H,4-12,15H2,1-3H3. The van der Waals surface area contributed by atoms with Crippen molar-refractivity contribution in [1.29, 1.82) is 0 Å². The predicted octanol–water partition coefficient (Wildman–Crippen LogP) is 1.79. The van der Waals surface area contributed by atoms with Crippen LogP contribution >= 0.6 is 0 Å². The average molecular weight is 290 g/mol. The molecule has 2 unspecified atom stereocenters. The van der Waals surface area contributed by atoms with Gasteiger partial charge < -0.3 is 5.73 Å². The maximum absolute atomic E-state index is 12.0. The van der Waals surface area contributed by atoms with E-state index in [1.807, 2.05) is 0 Å². The molecule has 2 atom stereocenters. The Hall–Kier alpha value is -0.130. The number of sulfone groups is 1. The molecule has 0 aromatic rings. The van der Waals surface area contributed by atoms with Gasteiger partial charge in [-0.15, -0.1) is 0 Å². The van der Waals surface area contributed by atoms with Crippen molar-refractivity contribution < 1.29 is 8.42 Å². The van der Waals surface area contributed by atoms with Gasteiger partial charge in [0.1, 0.15) is 0 Å². The van der Waals surface area contributed by atoms with Gasteiger partial charge in [-0.05, 0) is 39.2 Å². The summed E-state index contributed by atoms with van der Waals surface area (Å²) in [5.74, 6) is 0.571. The van der Waals surface area contributed by atoms with Crippen molar-refractivity contribution in [1.82, 2.24) is 4.90 Å². The van der Waals surface area contributed by atoms with Crippen LogP contribution < -0.4 is 5.73 Å². The first-order valence-electron chi connectivity index (χ1n) is 7.58. The summed E-state index contributed by atoms with van der Waals surface area (Å²) in [6.07, 6.45) is 4.92. The van der Waals surface area contributed by atoms with Crippen molar-refractivity contribution in [3.8, 4) is 0 Å². The lowest BCUT2D eigenvalue weighted by Crippen LogP contribution is -2.62. The lowest BCUT2D eigenvalue weighted by Gasteiger charge is -2.48. The van der Waals surface area contributed by atoms with Crippen LogP contribution in [0.25, 0.3) is 0 Å².